The first-order valence-electron chi connectivity index (χ1n) is 8.44. The second kappa shape index (κ2) is 7.34. The van der Waals surface area contributed by atoms with Gasteiger partial charge in [0.1, 0.15) is 0 Å². The van der Waals surface area contributed by atoms with Gasteiger partial charge in [0.15, 0.2) is 0 Å². The average molecular weight is 334 g/mol. The van der Waals surface area contributed by atoms with Gasteiger partial charge in [0.25, 0.3) is 5.91 Å². The van der Waals surface area contributed by atoms with Crippen LogP contribution in [0.25, 0.3) is 0 Å². The number of amides is 2. The van der Waals surface area contributed by atoms with Crippen molar-refractivity contribution in [2.75, 3.05) is 6.54 Å². The number of hydrogen-bond acceptors (Lipinski definition) is 2. The fourth-order valence-corrected chi connectivity index (χ4v) is 3.22. The molecule has 25 heavy (non-hydrogen) atoms. The van der Waals surface area contributed by atoms with Crippen LogP contribution in [0.2, 0.25) is 0 Å². The van der Waals surface area contributed by atoms with Crippen LogP contribution in [0.4, 0.5) is 0 Å². The largest absolute Gasteiger partial charge is 0.348 e. The monoisotopic (exact) mass is 334 g/mol. The minimum absolute atomic E-state index is 0.0445. The van der Waals surface area contributed by atoms with E-state index >= 15 is 0 Å². The van der Waals surface area contributed by atoms with Gasteiger partial charge in [-0.15, -0.1) is 0 Å². The Bertz CT molecular complexity index is 796. The summed E-state index contributed by atoms with van der Waals surface area (Å²) in [6.07, 6.45) is 1.24. The molecule has 1 aliphatic rings. The van der Waals surface area contributed by atoms with Gasteiger partial charge in [-0.2, -0.15) is 0 Å². The number of fused-ring (bicyclic) bond motifs is 1. The second-order valence-corrected chi connectivity index (χ2v) is 6.40. The lowest BCUT2D eigenvalue weighted by Crippen LogP contribution is -2.37. The molecule has 2 aromatic rings. The molecule has 4 nitrogen and oxygen atoms in total. The van der Waals surface area contributed by atoms with Gasteiger partial charge < -0.3 is 10.2 Å². The minimum Gasteiger partial charge on any atom is -0.348 e. The zero-order chi connectivity index (χ0) is 17.8. The number of carbonyl (C=O) groups is 2. The number of rotatable bonds is 4. The molecule has 4 heteroatoms. The first kappa shape index (κ1) is 17.0. The molecule has 0 saturated heterocycles. The molecule has 1 aliphatic heterocycles. The zero-order valence-corrected chi connectivity index (χ0v) is 14.4. The Labute approximate surface area is 148 Å². The summed E-state index contributed by atoms with van der Waals surface area (Å²) in [4.78, 5) is 25.9. The highest BCUT2D eigenvalue weighted by molar-refractivity contribution is 5.94. The molecule has 0 bridgehead atoms. The Morgan fingerprint density at radius 3 is 2.64 bits per heavy atom. The zero-order valence-electron chi connectivity index (χ0n) is 14.4. The molecule has 1 heterocycles. The smallest absolute Gasteiger partial charge is 0.254 e. The van der Waals surface area contributed by atoms with Crippen molar-refractivity contribution in [3.8, 4) is 0 Å². The van der Waals surface area contributed by atoms with Gasteiger partial charge in [-0.3, -0.25) is 9.59 Å². The number of hydrogen-bond donors (Lipinski definition) is 1. The SMILES string of the molecule is C=CC(=O)NCc1ccc(C(=O)N2Cc3ccccc3C(C)C2)cc1. The fraction of sp³-hybridized carbons (Fsp3) is 0.238. The van der Waals surface area contributed by atoms with Gasteiger partial charge >= 0.3 is 0 Å². The molecule has 0 aromatic heterocycles. The highest BCUT2D eigenvalue weighted by atomic mass is 16.2. The maximum absolute atomic E-state index is 12.8. The van der Waals surface area contributed by atoms with Gasteiger partial charge in [-0.25, -0.2) is 0 Å². The third-order valence-corrected chi connectivity index (χ3v) is 4.58. The molecular formula is C21H22N2O2. The van der Waals surface area contributed by atoms with E-state index in [0.29, 0.717) is 24.6 Å². The van der Waals surface area contributed by atoms with Crippen LogP contribution in [0.1, 0.15) is 39.9 Å². The highest BCUT2D eigenvalue weighted by Gasteiger charge is 2.25. The molecule has 2 amide bonds. The molecule has 3 rings (SSSR count). The van der Waals surface area contributed by atoms with Crippen molar-refractivity contribution in [3.05, 3.63) is 83.4 Å². The summed E-state index contributed by atoms with van der Waals surface area (Å²) in [5.74, 6) is 0.173. The third-order valence-electron chi connectivity index (χ3n) is 4.58. The van der Waals surface area contributed by atoms with Crippen molar-refractivity contribution >= 4 is 11.8 Å². The molecule has 0 aliphatic carbocycles. The van der Waals surface area contributed by atoms with Crippen molar-refractivity contribution in [1.29, 1.82) is 0 Å². The lowest BCUT2D eigenvalue weighted by atomic mass is 9.91. The Balaban J connectivity index is 1.69. The van der Waals surface area contributed by atoms with Crippen LogP contribution in [-0.2, 0) is 17.9 Å². The van der Waals surface area contributed by atoms with Crippen molar-refractivity contribution in [2.45, 2.75) is 25.9 Å². The van der Waals surface area contributed by atoms with Gasteiger partial charge in [-0.05, 0) is 40.8 Å². The number of nitrogens with zero attached hydrogens (tertiary/aromatic N) is 1. The van der Waals surface area contributed by atoms with Crippen LogP contribution in [0.15, 0.2) is 61.2 Å². The van der Waals surface area contributed by atoms with Gasteiger partial charge in [-0.1, -0.05) is 49.9 Å². The molecule has 128 valence electrons. The number of benzene rings is 2. The summed E-state index contributed by atoms with van der Waals surface area (Å²) in [6, 6.07) is 15.7. The van der Waals surface area contributed by atoms with Crippen LogP contribution in [0.5, 0.6) is 0 Å². The number of carbonyl (C=O) groups excluding carboxylic acids is 2. The summed E-state index contributed by atoms with van der Waals surface area (Å²) in [6.45, 7) is 7.38. The molecule has 0 saturated carbocycles. The van der Waals surface area contributed by atoms with Crippen LogP contribution in [0, 0.1) is 0 Å². The van der Waals surface area contributed by atoms with Crippen molar-refractivity contribution in [1.82, 2.24) is 10.2 Å². The third kappa shape index (κ3) is 3.79. The minimum atomic E-state index is -0.207. The molecule has 0 fully saturated rings. The normalized spacial score (nSPS) is 16.0. The van der Waals surface area contributed by atoms with Crippen molar-refractivity contribution in [3.63, 3.8) is 0 Å². The van der Waals surface area contributed by atoms with Crippen LogP contribution >= 0.6 is 0 Å². The molecule has 2 aromatic carbocycles. The average Bonchev–Trinajstić information content (AvgIpc) is 2.66. The second-order valence-electron chi connectivity index (χ2n) is 6.40. The Kier molecular flexibility index (Phi) is 4.98. The Hall–Kier alpha value is -2.88. The first-order chi connectivity index (χ1) is 12.1. The topological polar surface area (TPSA) is 49.4 Å². The van der Waals surface area contributed by atoms with Crippen molar-refractivity contribution in [2.24, 2.45) is 0 Å². The van der Waals surface area contributed by atoms with Crippen LogP contribution in [-0.4, -0.2) is 23.3 Å². The lowest BCUT2D eigenvalue weighted by molar-refractivity contribution is -0.116. The molecule has 1 unspecified atom stereocenters. The number of nitrogens with one attached hydrogen (secondary N) is 1. The van der Waals surface area contributed by atoms with Gasteiger partial charge in [0.2, 0.25) is 5.91 Å². The Morgan fingerprint density at radius 2 is 1.92 bits per heavy atom. The quantitative estimate of drug-likeness (QED) is 0.873. The van der Waals surface area contributed by atoms with Crippen LogP contribution < -0.4 is 5.32 Å². The highest BCUT2D eigenvalue weighted by Crippen LogP contribution is 2.28. The standard InChI is InChI=1S/C21H22N2O2/c1-3-20(24)22-12-16-8-10-17(11-9-16)21(25)23-13-15(2)19-7-5-4-6-18(19)14-23/h3-11,15H,1,12-14H2,2H3,(H,22,24). The molecule has 0 spiro atoms. The van der Waals surface area contributed by atoms with Gasteiger partial charge in [0, 0.05) is 25.2 Å². The lowest BCUT2D eigenvalue weighted by Gasteiger charge is -2.33. The van der Waals surface area contributed by atoms with Crippen LogP contribution in [0.3, 0.4) is 0 Å². The van der Waals surface area contributed by atoms with E-state index in [1.165, 1.54) is 17.2 Å². The summed E-state index contributed by atoms with van der Waals surface area (Å²) >= 11 is 0. The predicted octanol–water partition coefficient (Wildman–Crippen LogP) is 3.25. The van der Waals surface area contributed by atoms with E-state index in [0.717, 1.165) is 12.1 Å². The summed E-state index contributed by atoms with van der Waals surface area (Å²) in [7, 11) is 0. The first-order valence-corrected chi connectivity index (χ1v) is 8.44. The Morgan fingerprint density at radius 1 is 1.20 bits per heavy atom. The van der Waals surface area contributed by atoms with E-state index < -0.39 is 0 Å². The van der Waals surface area contributed by atoms with E-state index in [2.05, 4.69) is 37.0 Å². The summed E-state index contributed by atoms with van der Waals surface area (Å²) in [5, 5.41) is 2.73. The molecule has 1 atom stereocenters. The predicted molar refractivity (Wildman–Crippen MR) is 98.1 cm³/mol. The van der Waals surface area contributed by atoms with Crippen molar-refractivity contribution < 1.29 is 9.59 Å². The molecule has 0 radical (unpaired) electrons. The fourth-order valence-electron chi connectivity index (χ4n) is 3.22. The van der Waals surface area contributed by atoms with Gasteiger partial charge in [0.05, 0.1) is 0 Å². The maximum Gasteiger partial charge on any atom is 0.254 e. The molecule has 1 N–H and O–H groups in total. The van der Waals surface area contributed by atoms with E-state index in [1.807, 2.05) is 35.2 Å². The van der Waals surface area contributed by atoms with E-state index in [9.17, 15) is 9.59 Å². The van der Waals surface area contributed by atoms with E-state index in [-0.39, 0.29) is 11.8 Å². The summed E-state index contributed by atoms with van der Waals surface area (Å²) in [5.41, 5.74) is 4.17. The summed E-state index contributed by atoms with van der Waals surface area (Å²) < 4.78 is 0. The van der Waals surface area contributed by atoms with E-state index in [4.69, 9.17) is 0 Å². The maximum atomic E-state index is 12.8. The molecular weight excluding hydrogens is 312 g/mol. The van der Waals surface area contributed by atoms with E-state index in [1.54, 1.807) is 0 Å².